The summed E-state index contributed by atoms with van der Waals surface area (Å²) in [5, 5.41) is 0. The molecule has 3 unspecified atom stereocenters. The van der Waals surface area contributed by atoms with Gasteiger partial charge in [-0.2, -0.15) is 9.97 Å². The molecule has 3 aliphatic heterocycles. The van der Waals surface area contributed by atoms with Crippen LogP contribution >= 0.6 is 15.6 Å². The maximum absolute atomic E-state index is 12.9. The maximum atomic E-state index is 12.9. The van der Waals surface area contributed by atoms with Crippen LogP contribution in [0.4, 0.5) is 11.9 Å². The van der Waals surface area contributed by atoms with Gasteiger partial charge in [0, 0.05) is 12.8 Å². The second-order valence-electron chi connectivity index (χ2n) is 10.1. The molecule has 0 spiro atoms. The summed E-state index contributed by atoms with van der Waals surface area (Å²) in [6.07, 6.45) is -4.98. The average Bonchev–Trinajstić information content (AvgIpc) is 3.70. The van der Waals surface area contributed by atoms with Crippen LogP contribution in [0.5, 0.6) is 0 Å². The Hall–Kier alpha value is -3.56. The molecule has 0 amide bonds. The summed E-state index contributed by atoms with van der Waals surface area (Å²) in [6.45, 7) is -1.41. The third kappa shape index (κ3) is 5.34. The number of fused-ring (bicyclic) bond motifs is 4. The number of nitrogens with zero attached hydrogens (tertiary/aromatic N) is 6. The number of aromatic amines is 2. The van der Waals surface area contributed by atoms with E-state index in [2.05, 4.69) is 29.9 Å². The molecule has 8 atom stereocenters. The molecule has 3 saturated heterocycles. The van der Waals surface area contributed by atoms with E-state index in [1.807, 2.05) is 0 Å². The van der Waals surface area contributed by atoms with E-state index in [0.29, 0.717) is 0 Å². The number of H-pyrrole nitrogens is 2. The van der Waals surface area contributed by atoms with Crippen molar-refractivity contribution in [3.8, 4) is 0 Å². The molecule has 0 bridgehead atoms. The number of nitrogens with two attached hydrogens (primary N) is 2. The molecular weight excluding hydrogens is 634 g/mol. The number of ether oxygens (including phenoxy) is 2. The molecule has 3 aliphatic rings. The number of nitrogen functional groups attached to an aromatic ring is 2. The summed E-state index contributed by atoms with van der Waals surface area (Å²) in [5.41, 5.74) is 10.1. The van der Waals surface area contributed by atoms with E-state index < -0.39 is 76.8 Å². The number of nitrogens with one attached hydrogen (secondary N) is 2. The minimum atomic E-state index is -5.07. The van der Waals surface area contributed by atoms with Gasteiger partial charge < -0.3 is 48.8 Å². The van der Waals surface area contributed by atoms with Crippen molar-refractivity contribution in [1.82, 2.24) is 39.0 Å². The Labute approximate surface area is 243 Å². The van der Waals surface area contributed by atoms with Crippen LogP contribution in [0.1, 0.15) is 25.3 Å². The molecule has 0 aromatic carbocycles. The molecule has 4 aromatic rings. The van der Waals surface area contributed by atoms with Crippen LogP contribution in [-0.4, -0.2) is 76.7 Å². The van der Waals surface area contributed by atoms with Gasteiger partial charge in [-0.3, -0.25) is 37.8 Å². The van der Waals surface area contributed by atoms with Crippen LogP contribution in [0, 0.1) is 0 Å². The lowest BCUT2D eigenvalue weighted by atomic mass is 10.2. The molecule has 4 aromatic heterocycles. The Morgan fingerprint density at radius 2 is 1.16 bits per heavy atom. The van der Waals surface area contributed by atoms with Crippen molar-refractivity contribution >= 4 is 49.9 Å². The van der Waals surface area contributed by atoms with Crippen LogP contribution in [0.25, 0.3) is 22.3 Å². The molecule has 6 N–H and O–H groups in total. The number of imidazole rings is 2. The third-order valence-corrected chi connectivity index (χ3v) is 9.19. The molecule has 0 saturated carbocycles. The van der Waals surface area contributed by atoms with Crippen molar-refractivity contribution in [3.05, 3.63) is 33.4 Å². The van der Waals surface area contributed by atoms with Gasteiger partial charge in [0.15, 0.2) is 22.3 Å². The lowest BCUT2D eigenvalue weighted by Crippen LogP contribution is -2.35. The average molecular weight is 656 g/mol. The van der Waals surface area contributed by atoms with Crippen molar-refractivity contribution in [2.45, 2.75) is 49.7 Å². The van der Waals surface area contributed by atoms with E-state index in [0.717, 1.165) is 0 Å². The van der Waals surface area contributed by atoms with Crippen molar-refractivity contribution in [2.75, 3.05) is 24.7 Å². The molecule has 236 valence electrons. The fourth-order valence-corrected chi connectivity index (χ4v) is 7.18. The second kappa shape index (κ2) is 10.5. The molecule has 7 rings (SSSR count). The van der Waals surface area contributed by atoms with Gasteiger partial charge in [0.2, 0.25) is 11.9 Å². The first-order chi connectivity index (χ1) is 20.9. The van der Waals surface area contributed by atoms with E-state index >= 15 is 0 Å². The second-order valence-corrected chi connectivity index (χ2v) is 12.8. The van der Waals surface area contributed by atoms with Gasteiger partial charge in [0.1, 0.15) is 24.7 Å². The SMILES string of the molecule is Nc1nc2c(ncn2[C@H]2CC3OP(=O)([O-])OC[C@H]4O[C@@H](n5cnc6c(=O)[nH]c(N)nc65)C[C@H]4OP(=O)([O-])OC[C@H]3O2)c(=O)[nH]1. The highest BCUT2D eigenvalue weighted by Gasteiger charge is 2.44. The van der Waals surface area contributed by atoms with Crippen molar-refractivity contribution in [2.24, 2.45) is 0 Å². The summed E-state index contributed by atoms with van der Waals surface area (Å²) in [7, 11) is -10.1. The van der Waals surface area contributed by atoms with Gasteiger partial charge in [-0.05, 0) is 0 Å². The largest absolute Gasteiger partial charge is 0.756 e. The van der Waals surface area contributed by atoms with Crippen LogP contribution in [0.2, 0.25) is 0 Å². The normalized spacial score (nSPS) is 34.9. The van der Waals surface area contributed by atoms with Crippen molar-refractivity contribution in [3.63, 3.8) is 0 Å². The Balaban J connectivity index is 1.13. The summed E-state index contributed by atoms with van der Waals surface area (Å²) in [5.74, 6) is -0.388. The number of phosphoric acid groups is 2. The summed E-state index contributed by atoms with van der Waals surface area (Å²) in [4.78, 5) is 70.9. The molecule has 0 aliphatic carbocycles. The van der Waals surface area contributed by atoms with Crippen molar-refractivity contribution < 1.29 is 46.5 Å². The predicted molar refractivity (Wildman–Crippen MR) is 139 cm³/mol. The Kier molecular flexibility index (Phi) is 6.97. The standard InChI is InChI=1S/C20H24N10O12P2/c21-19-25-15-13(17(31)27-19)23-5-29(15)11-1-7-9(39-11)3-37-44(35,36)42-8-2-12(40-10(8)4-38-43(33,34)41-7)30-6-24-14-16(30)26-20(22)28-18(14)32/h5-12H,1-4H2,(H,33,34)(H,35,36)(H3,21,25,27,31)(H3,22,26,28,32)/p-2/t7-,8?,9-,10-,11-,12-/m1/s1. The fourth-order valence-electron chi connectivity index (χ4n) is 5.29. The van der Waals surface area contributed by atoms with Gasteiger partial charge in [-0.15, -0.1) is 0 Å². The minimum absolute atomic E-state index is 0.0431. The van der Waals surface area contributed by atoms with E-state index in [9.17, 15) is 28.5 Å². The van der Waals surface area contributed by atoms with Gasteiger partial charge in [-0.1, -0.05) is 0 Å². The number of rotatable bonds is 2. The monoisotopic (exact) mass is 656 g/mol. The number of hydrogen-bond donors (Lipinski definition) is 4. The zero-order valence-electron chi connectivity index (χ0n) is 22.1. The predicted octanol–water partition coefficient (Wildman–Crippen LogP) is -2.25. The molecule has 24 heteroatoms. The molecule has 44 heavy (non-hydrogen) atoms. The van der Waals surface area contributed by atoms with Gasteiger partial charge >= 0.3 is 0 Å². The number of anilines is 2. The lowest BCUT2D eigenvalue weighted by molar-refractivity contribution is -0.242. The Morgan fingerprint density at radius 3 is 1.57 bits per heavy atom. The highest BCUT2D eigenvalue weighted by Crippen LogP contribution is 2.50. The molecular formula is C20H22N10O12P2-2. The quantitative estimate of drug-likeness (QED) is 0.165. The first kappa shape index (κ1) is 29.2. The highest BCUT2D eigenvalue weighted by molar-refractivity contribution is 7.46. The van der Waals surface area contributed by atoms with Crippen molar-refractivity contribution in [1.29, 1.82) is 0 Å². The van der Waals surface area contributed by atoms with E-state index in [1.165, 1.54) is 21.8 Å². The molecule has 3 fully saturated rings. The van der Waals surface area contributed by atoms with E-state index in [1.54, 1.807) is 0 Å². The van der Waals surface area contributed by atoms with Gasteiger partial charge in [0.05, 0.1) is 38.1 Å². The van der Waals surface area contributed by atoms with Crippen LogP contribution in [-0.2, 0) is 36.7 Å². The summed E-state index contributed by atoms with van der Waals surface area (Å²) in [6, 6.07) is 0. The van der Waals surface area contributed by atoms with E-state index in [-0.39, 0.29) is 47.1 Å². The number of phosphoric ester groups is 2. The number of aromatic nitrogens is 8. The van der Waals surface area contributed by atoms with E-state index in [4.69, 9.17) is 39.0 Å². The van der Waals surface area contributed by atoms with Crippen LogP contribution in [0.3, 0.4) is 0 Å². The number of hydrogen-bond acceptors (Lipinski definition) is 18. The zero-order chi connectivity index (χ0) is 31.0. The van der Waals surface area contributed by atoms with Gasteiger partial charge in [-0.25, -0.2) is 9.97 Å². The first-order valence-corrected chi connectivity index (χ1v) is 15.8. The Morgan fingerprint density at radius 1 is 0.750 bits per heavy atom. The first-order valence-electron chi connectivity index (χ1n) is 12.9. The van der Waals surface area contributed by atoms with Gasteiger partial charge in [0.25, 0.3) is 26.8 Å². The minimum Gasteiger partial charge on any atom is -0.756 e. The zero-order valence-corrected chi connectivity index (χ0v) is 23.9. The third-order valence-electron chi connectivity index (χ3n) is 7.21. The van der Waals surface area contributed by atoms with Crippen LogP contribution in [0.15, 0.2) is 22.2 Å². The topological polar surface area (TPSA) is 315 Å². The smallest absolute Gasteiger partial charge is 0.280 e. The molecule has 22 nitrogen and oxygen atoms in total. The molecule has 0 radical (unpaired) electrons. The maximum Gasteiger partial charge on any atom is 0.280 e. The molecule has 7 heterocycles. The highest BCUT2D eigenvalue weighted by atomic mass is 31.2. The fraction of sp³-hybridized carbons (Fsp3) is 0.500. The lowest BCUT2D eigenvalue weighted by Gasteiger charge is -2.33. The Bertz CT molecular complexity index is 1840. The summed E-state index contributed by atoms with van der Waals surface area (Å²) >= 11 is 0. The summed E-state index contributed by atoms with van der Waals surface area (Å²) < 4.78 is 60.9. The van der Waals surface area contributed by atoms with Crippen LogP contribution < -0.4 is 32.4 Å².